The van der Waals surface area contributed by atoms with Crippen molar-refractivity contribution >= 4 is 16.9 Å². The van der Waals surface area contributed by atoms with E-state index in [1.165, 1.54) is 0 Å². The maximum Gasteiger partial charge on any atom is 0.237 e. The van der Waals surface area contributed by atoms with Gasteiger partial charge in [-0.3, -0.25) is 4.79 Å². The van der Waals surface area contributed by atoms with Crippen molar-refractivity contribution in [3.05, 3.63) is 53.9 Å². The fourth-order valence-corrected chi connectivity index (χ4v) is 4.65. The van der Waals surface area contributed by atoms with Gasteiger partial charge in [-0.2, -0.15) is 0 Å². The molecular weight excluding hydrogens is 392 g/mol. The molecule has 2 aliphatic rings. The van der Waals surface area contributed by atoms with Crippen LogP contribution in [0.25, 0.3) is 11.0 Å². The number of fused-ring (bicyclic) bond motifs is 1. The van der Waals surface area contributed by atoms with E-state index in [2.05, 4.69) is 32.7 Å². The van der Waals surface area contributed by atoms with Gasteiger partial charge in [-0.1, -0.05) is 12.1 Å². The van der Waals surface area contributed by atoms with Crippen molar-refractivity contribution in [2.24, 2.45) is 0 Å². The fraction of sp³-hybridized carbons (Fsp3) is 0.417. The number of carbonyl (C=O) groups is 1. The molecule has 2 saturated heterocycles. The first-order valence-electron chi connectivity index (χ1n) is 11.0. The van der Waals surface area contributed by atoms with Crippen LogP contribution in [0.15, 0.2) is 42.7 Å². The number of H-pyrrole nitrogens is 1. The van der Waals surface area contributed by atoms with Crippen LogP contribution in [0.2, 0.25) is 0 Å². The maximum absolute atomic E-state index is 12.9. The largest absolute Gasteiger partial charge is 0.457 e. The van der Waals surface area contributed by atoms with Crippen LogP contribution in [0.4, 0.5) is 0 Å². The second-order valence-electron chi connectivity index (χ2n) is 8.40. The number of pyridine rings is 1. The Morgan fingerprint density at radius 1 is 1.16 bits per heavy atom. The first-order chi connectivity index (χ1) is 15.2. The van der Waals surface area contributed by atoms with Crippen LogP contribution < -0.4 is 15.4 Å². The molecule has 5 rings (SSSR count). The summed E-state index contributed by atoms with van der Waals surface area (Å²) in [6.07, 6.45) is 6.40. The molecule has 0 saturated carbocycles. The standard InChI is InChI=1S/C24H28N4O3/c1-15-14-27-23-21(15)20(7-11-26-23)31-18-4-2-16(3-5-18)19-6-10-25-22(19)24(29)28-17-8-12-30-13-9-17/h2-5,7,11,14,17,19,22,25H,6,8-10,12-13H2,1H3,(H,26,27)(H,28,29)/t19?,22-/m0/s1. The zero-order chi connectivity index (χ0) is 21.2. The molecular formula is C24H28N4O3. The van der Waals surface area contributed by atoms with Crippen molar-refractivity contribution in [3.8, 4) is 11.5 Å². The Hall–Kier alpha value is -2.90. The average molecular weight is 421 g/mol. The van der Waals surface area contributed by atoms with E-state index in [0.29, 0.717) is 0 Å². The lowest BCUT2D eigenvalue weighted by Gasteiger charge is -2.26. The Labute approximate surface area is 181 Å². The lowest BCUT2D eigenvalue weighted by atomic mass is 9.91. The Morgan fingerprint density at radius 2 is 1.97 bits per heavy atom. The molecule has 2 atom stereocenters. The van der Waals surface area contributed by atoms with Crippen LogP contribution in [0.3, 0.4) is 0 Å². The second kappa shape index (κ2) is 8.69. The van der Waals surface area contributed by atoms with E-state index in [0.717, 1.165) is 72.7 Å². The number of aromatic amines is 1. The number of ether oxygens (including phenoxy) is 2. The van der Waals surface area contributed by atoms with Crippen LogP contribution in [0.1, 0.15) is 36.3 Å². The number of aryl methyl sites for hydroxylation is 1. The molecule has 3 N–H and O–H groups in total. The van der Waals surface area contributed by atoms with Crippen molar-refractivity contribution in [3.63, 3.8) is 0 Å². The first-order valence-corrected chi connectivity index (χ1v) is 11.0. The summed E-state index contributed by atoms with van der Waals surface area (Å²) in [5.74, 6) is 1.81. The summed E-state index contributed by atoms with van der Waals surface area (Å²) in [4.78, 5) is 20.4. The third-order valence-electron chi connectivity index (χ3n) is 6.34. The van der Waals surface area contributed by atoms with Gasteiger partial charge in [0.15, 0.2) is 0 Å². The Kier molecular flexibility index (Phi) is 5.61. The maximum atomic E-state index is 12.9. The monoisotopic (exact) mass is 420 g/mol. The molecule has 2 fully saturated rings. The van der Waals surface area contributed by atoms with Crippen molar-refractivity contribution < 1.29 is 14.3 Å². The van der Waals surface area contributed by atoms with Crippen LogP contribution in [-0.2, 0) is 9.53 Å². The van der Waals surface area contributed by atoms with Gasteiger partial charge in [0.25, 0.3) is 0 Å². The van der Waals surface area contributed by atoms with Gasteiger partial charge in [0.05, 0.1) is 11.4 Å². The summed E-state index contributed by atoms with van der Waals surface area (Å²) in [7, 11) is 0. The third-order valence-corrected chi connectivity index (χ3v) is 6.34. The van der Waals surface area contributed by atoms with E-state index in [9.17, 15) is 4.79 Å². The normalized spacial score (nSPS) is 22.0. The molecule has 2 aliphatic heterocycles. The van der Waals surface area contributed by atoms with Crippen molar-refractivity contribution in [1.82, 2.24) is 20.6 Å². The second-order valence-corrected chi connectivity index (χ2v) is 8.40. The van der Waals surface area contributed by atoms with Crippen molar-refractivity contribution in [1.29, 1.82) is 0 Å². The van der Waals surface area contributed by atoms with Gasteiger partial charge in [0.1, 0.15) is 17.1 Å². The molecule has 3 aromatic rings. The Balaban J connectivity index is 1.28. The fourth-order valence-electron chi connectivity index (χ4n) is 4.65. The predicted octanol–water partition coefficient (Wildman–Crippen LogP) is 3.40. The van der Waals surface area contributed by atoms with Gasteiger partial charge in [0, 0.05) is 37.6 Å². The highest BCUT2D eigenvalue weighted by atomic mass is 16.5. The van der Waals surface area contributed by atoms with E-state index < -0.39 is 0 Å². The molecule has 1 aromatic carbocycles. The summed E-state index contributed by atoms with van der Waals surface area (Å²) in [6.45, 7) is 4.33. The van der Waals surface area contributed by atoms with Gasteiger partial charge in [0.2, 0.25) is 5.91 Å². The number of nitrogens with one attached hydrogen (secondary N) is 3. The van der Waals surface area contributed by atoms with E-state index in [1.807, 2.05) is 31.3 Å². The predicted molar refractivity (Wildman–Crippen MR) is 118 cm³/mol. The topological polar surface area (TPSA) is 88.3 Å². The number of hydrogen-bond acceptors (Lipinski definition) is 5. The SMILES string of the molecule is Cc1c[nH]c2nccc(Oc3ccc(C4CCN[C@@H]4C(=O)NC4CCOCC4)cc3)c12. The molecule has 1 unspecified atom stereocenters. The number of rotatable bonds is 5. The summed E-state index contributed by atoms with van der Waals surface area (Å²) < 4.78 is 11.5. The summed E-state index contributed by atoms with van der Waals surface area (Å²) in [6, 6.07) is 10.0. The Bertz CT molecular complexity index is 1060. The number of nitrogens with zero attached hydrogens (tertiary/aromatic N) is 1. The molecule has 4 heterocycles. The van der Waals surface area contributed by atoms with Gasteiger partial charge >= 0.3 is 0 Å². The first kappa shape index (κ1) is 20.0. The minimum Gasteiger partial charge on any atom is -0.457 e. The minimum atomic E-state index is -0.197. The molecule has 2 aromatic heterocycles. The highest BCUT2D eigenvalue weighted by molar-refractivity contribution is 5.86. The highest BCUT2D eigenvalue weighted by Gasteiger charge is 2.34. The zero-order valence-electron chi connectivity index (χ0n) is 17.7. The van der Waals surface area contributed by atoms with Gasteiger partial charge in [-0.05, 0) is 62.1 Å². The van der Waals surface area contributed by atoms with E-state index in [4.69, 9.17) is 9.47 Å². The average Bonchev–Trinajstić information content (AvgIpc) is 3.43. The molecule has 0 spiro atoms. The van der Waals surface area contributed by atoms with Crippen LogP contribution in [-0.4, -0.2) is 47.7 Å². The smallest absolute Gasteiger partial charge is 0.237 e. The number of carbonyl (C=O) groups excluding carboxylic acids is 1. The third kappa shape index (κ3) is 4.16. The molecule has 162 valence electrons. The number of aromatic nitrogens is 2. The van der Waals surface area contributed by atoms with Crippen LogP contribution in [0, 0.1) is 6.92 Å². The Morgan fingerprint density at radius 3 is 2.77 bits per heavy atom. The molecule has 1 amide bonds. The quantitative estimate of drug-likeness (QED) is 0.589. The molecule has 7 nitrogen and oxygen atoms in total. The molecule has 7 heteroatoms. The van der Waals surface area contributed by atoms with Gasteiger partial charge in [-0.25, -0.2) is 4.98 Å². The summed E-state index contributed by atoms with van der Waals surface area (Å²) in [5.41, 5.74) is 3.08. The van der Waals surface area contributed by atoms with E-state index in [1.54, 1.807) is 6.20 Å². The van der Waals surface area contributed by atoms with E-state index in [-0.39, 0.29) is 23.9 Å². The molecule has 0 radical (unpaired) electrons. The van der Waals surface area contributed by atoms with Crippen LogP contribution in [0.5, 0.6) is 11.5 Å². The van der Waals surface area contributed by atoms with Crippen LogP contribution >= 0.6 is 0 Å². The number of hydrogen-bond donors (Lipinski definition) is 3. The number of amides is 1. The van der Waals surface area contributed by atoms with Gasteiger partial charge < -0.3 is 25.1 Å². The summed E-state index contributed by atoms with van der Waals surface area (Å²) >= 11 is 0. The van der Waals surface area contributed by atoms with Gasteiger partial charge in [-0.15, -0.1) is 0 Å². The zero-order valence-corrected chi connectivity index (χ0v) is 17.7. The van der Waals surface area contributed by atoms with Crippen molar-refractivity contribution in [2.75, 3.05) is 19.8 Å². The molecule has 0 aliphatic carbocycles. The minimum absolute atomic E-state index is 0.0943. The lowest BCUT2D eigenvalue weighted by Crippen LogP contribution is -2.48. The highest BCUT2D eigenvalue weighted by Crippen LogP contribution is 2.33. The summed E-state index contributed by atoms with van der Waals surface area (Å²) in [5, 5.41) is 7.59. The number of benzene rings is 1. The lowest BCUT2D eigenvalue weighted by molar-refractivity contribution is -0.124. The van der Waals surface area contributed by atoms with Crippen molar-refractivity contribution in [2.45, 2.75) is 44.2 Å². The van der Waals surface area contributed by atoms with E-state index >= 15 is 0 Å². The molecule has 31 heavy (non-hydrogen) atoms. The molecule has 0 bridgehead atoms.